The Morgan fingerprint density at radius 2 is 2.50 bits per heavy atom. The molecule has 1 aliphatic rings. The van der Waals surface area contributed by atoms with Gasteiger partial charge in [0.25, 0.3) is 5.91 Å². The molecule has 0 aromatic carbocycles. The molecule has 0 saturated carbocycles. The van der Waals surface area contributed by atoms with Crippen LogP contribution in [0, 0.1) is 0 Å². The lowest BCUT2D eigenvalue weighted by Gasteiger charge is -2.34. The van der Waals surface area contributed by atoms with E-state index in [1.165, 1.54) is 0 Å². The molecule has 1 rings (SSSR count). The predicted molar refractivity (Wildman–Crippen MR) is 41.5 cm³/mol. The minimum absolute atomic E-state index is 0.0532. The lowest BCUT2D eigenvalue weighted by molar-refractivity contribution is -0.140. The van der Waals surface area contributed by atoms with Crippen molar-refractivity contribution in [3.8, 4) is 0 Å². The van der Waals surface area contributed by atoms with Crippen molar-refractivity contribution >= 4 is 28.3 Å². The van der Waals surface area contributed by atoms with Crippen LogP contribution in [-0.4, -0.2) is 24.7 Å². The number of thiol groups is 1. The summed E-state index contributed by atoms with van der Waals surface area (Å²) in [6, 6.07) is -0.0532. The van der Waals surface area contributed by atoms with Crippen LogP contribution in [0.4, 0.5) is 0 Å². The van der Waals surface area contributed by atoms with E-state index in [0.29, 0.717) is 6.61 Å². The number of carbonyl (C=O) groups excluding carboxylic acids is 1. The van der Waals surface area contributed by atoms with Crippen molar-refractivity contribution in [2.75, 3.05) is 6.61 Å². The number of nitrogens with one attached hydrogen (secondary N) is 1. The minimum atomic E-state index is -0.392. The summed E-state index contributed by atoms with van der Waals surface area (Å²) in [6.45, 7) is 0.369. The number of rotatable bonds is 3. The smallest absolute Gasteiger partial charge is 0.252 e. The number of amides is 1. The van der Waals surface area contributed by atoms with Gasteiger partial charge in [0.15, 0.2) is 6.10 Å². The van der Waals surface area contributed by atoms with Crippen LogP contribution in [0.5, 0.6) is 0 Å². The molecule has 2 unspecified atom stereocenters. The standard InChI is InChI=1S/C4H8NO3PS/c6-4-3(8-9)2(5-4)1-7-10/h2-3,10H,1,9H2,(H,5,6)/t2?,3-/m1/s1. The first-order chi connectivity index (χ1) is 4.79. The van der Waals surface area contributed by atoms with Crippen molar-refractivity contribution in [1.29, 1.82) is 0 Å². The monoisotopic (exact) mass is 181 g/mol. The van der Waals surface area contributed by atoms with Crippen LogP contribution in [0.2, 0.25) is 0 Å². The Morgan fingerprint density at radius 1 is 1.80 bits per heavy atom. The first kappa shape index (κ1) is 8.27. The highest BCUT2D eigenvalue weighted by Gasteiger charge is 2.39. The summed E-state index contributed by atoms with van der Waals surface area (Å²) in [5.74, 6) is -0.106. The van der Waals surface area contributed by atoms with Crippen LogP contribution in [-0.2, 0) is 13.5 Å². The lowest BCUT2D eigenvalue weighted by Crippen LogP contribution is -2.64. The largest absolute Gasteiger partial charge is 0.350 e. The first-order valence-electron chi connectivity index (χ1n) is 2.72. The Balaban J connectivity index is 2.30. The molecular weight excluding hydrogens is 173 g/mol. The zero-order chi connectivity index (χ0) is 7.56. The third-order valence-electron chi connectivity index (χ3n) is 1.35. The molecule has 0 aromatic rings. The highest BCUT2D eigenvalue weighted by Crippen LogP contribution is 2.13. The molecule has 4 nitrogen and oxygen atoms in total. The molecule has 1 aliphatic heterocycles. The predicted octanol–water partition coefficient (Wildman–Crippen LogP) is -0.479. The topological polar surface area (TPSA) is 47.6 Å². The average molecular weight is 181 g/mol. The van der Waals surface area contributed by atoms with Crippen LogP contribution in [0.3, 0.4) is 0 Å². The SMILES string of the molecule is O=C1NC(COS)[C@H]1OP. The Kier molecular flexibility index (Phi) is 2.92. The summed E-state index contributed by atoms with van der Waals surface area (Å²) in [5.41, 5.74) is 0. The van der Waals surface area contributed by atoms with Crippen molar-refractivity contribution in [2.24, 2.45) is 0 Å². The van der Waals surface area contributed by atoms with Gasteiger partial charge in [-0.05, 0) is 12.9 Å². The molecule has 1 saturated heterocycles. The first-order valence-corrected chi connectivity index (χ1v) is 3.55. The zero-order valence-electron chi connectivity index (χ0n) is 5.11. The second-order valence-electron chi connectivity index (χ2n) is 1.97. The van der Waals surface area contributed by atoms with Gasteiger partial charge in [-0.25, -0.2) is 0 Å². The summed E-state index contributed by atoms with van der Waals surface area (Å²) < 4.78 is 9.27. The molecule has 10 heavy (non-hydrogen) atoms. The van der Waals surface area contributed by atoms with E-state index in [0.717, 1.165) is 0 Å². The summed E-state index contributed by atoms with van der Waals surface area (Å²) in [5, 5.41) is 2.59. The van der Waals surface area contributed by atoms with Gasteiger partial charge in [0.05, 0.1) is 12.6 Å². The second-order valence-corrected chi connectivity index (χ2v) is 2.50. The summed E-state index contributed by atoms with van der Waals surface area (Å²) >= 11 is 3.54. The Labute approximate surface area is 66.5 Å². The lowest BCUT2D eigenvalue weighted by atomic mass is 10.0. The highest BCUT2D eigenvalue weighted by atomic mass is 32.1. The molecule has 1 amide bonds. The molecule has 1 N–H and O–H groups in total. The van der Waals surface area contributed by atoms with Crippen LogP contribution < -0.4 is 5.32 Å². The summed E-state index contributed by atoms with van der Waals surface area (Å²) in [4.78, 5) is 10.6. The van der Waals surface area contributed by atoms with Crippen LogP contribution in [0.15, 0.2) is 0 Å². The van der Waals surface area contributed by atoms with E-state index in [2.05, 4.69) is 22.4 Å². The Morgan fingerprint density at radius 3 is 2.90 bits per heavy atom. The van der Waals surface area contributed by atoms with Crippen LogP contribution in [0.1, 0.15) is 0 Å². The van der Waals surface area contributed by atoms with E-state index in [1.807, 2.05) is 9.47 Å². The van der Waals surface area contributed by atoms with E-state index >= 15 is 0 Å². The van der Waals surface area contributed by atoms with E-state index in [1.54, 1.807) is 0 Å². The molecule has 58 valence electrons. The molecule has 0 aromatic heterocycles. The van der Waals surface area contributed by atoms with Gasteiger partial charge in [-0.3, -0.25) is 4.79 Å². The molecule has 3 atom stereocenters. The van der Waals surface area contributed by atoms with Crippen LogP contribution in [0.25, 0.3) is 0 Å². The van der Waals surface area contributed by atoms with Gasteiger partial charge >= 0.3 is 0 Å². The van der Waals surface area contributed by atoms with E-state index < -0.39 is 6.10 Å². The van der Waals surface area contributed by atoms with E-state index in [9.17, 15) is 4.79 Å². The number of hydrogen-bond donors (Lipinski definition) is 2. The molecule has 1 heterocycles. The maximum atomic E-state index is 10.6. The third-order valence-corrected chi connectivity index (χ3v) is 1.79. The minimum Gasteiger partial charge on any atom is -0.350 e. The maximum Gasteiger partial charge on any atom is 0.252 e. The highest BCUT2D eigenvalue weighted by molar-refractivity contribution is 7.75. The molecule has 6 heteroatoms. The van der Waals surface area contributed by atoms with Crippen molar-refractivity contribution < 1.29 is 13.5 Å². The van der Waals surface area contributed by atoms with Gasteiger partial charge in [-0.2, -0.15) is 0 Å². The van der Waals surface area contributed by atoms with Crippen molar-refractivity contribution in [3.05, 3.63) is 0 Å². The van der Waals surface area contributed by atoms with Gasteiger partial charge in [-0.15, -0.1) is 0 Å². The third kappa shape index (κ3) is 1.42. The van der Waals surface area contributed by atoms with Gasteiger partial charge in [-0.1, -0.05) is 0 Å². The quantitative estimate of drug-likeness (QED) is 0.267. The molecule has 0 spiro atoms. The van der Waals surface area contributed by atoms with Crippen molar-refractivity contribution in [1.82, 2.24) is 5.32 Å². The maximum absolute atomic E-state index is 10.6. The Bertz CT molecular complexity index is 144. The zero-order valence-corrected chi connectivity index (χ0v) is 7.16. The second kappa shape index (κ2) is 3.53. The summed E-state index contributed by atoms with van der Waals surface area (Å²) in [7, 11) is 2.05. The van der Waals surface area contributed by atoms with Gasteiger partial charge in [0.2, 0.25) is 0 Å². The normalized spacial score (nSPS) is 31.2. The van der Waals surface area contributed by atoms with E-state index in [4.69, 9.17) is 4.52 Å². The molecule has 0 bridgehead atoms. The Hall–Kier alpha value is 0.170. The van der Waals surface area contributed by atoms with Crippen molar-refractivity contribution in [2.45, 2.75) is 12.1 Å². The van der Waals surface area contributed by atoms with Crippen LogP contribution >= 0.6 is 22.4 Å². The number of carbonyl (C=O) groups is 1. The molecule has 1 fully saturated rings. The molecule has 0 radical (unpaired) electrons. The van der Waals surface area contributed by atoms with Gasteiger partial charge in [0.1, 0.15) is 0 Å². The average Bonchev–Trinajstić information content (AvgIpc) is 1.88. The fraction of sp³-hybridized carbons (Fsp3) is 0.750. The number of β-lactam (4-membered cyclic amide) rings is 1. The van der Waals surface area contributed by atoms with Crippen molar-refractivity contribution in [3.63, 3.8) is 0 Å². The molecular formula is C4H8NO3PS. The fourth-order valence-electron chi connectivity index (χ4n) is 0.793. The summed E-state index contributed by atoms with van der Waals surface area (Å²) in [6.07, 6.45) is -0.392. The van der Waals surface area contributed by atoms with Gasteiger partial charge in [0, 0.05) is 9.47 Å². The number of hydrogen-bond acceptors (Lipinski definition) is 4. The van der Waals surface area contributed by atoms with E-state index in [-0.39, 0.29) is 11.9 Å². The molecule has 0 aliphatic carbocycles. The fourth-order valence-corrected chi connectivity index (χ4v) is 1.27. The van der Waals surface area contributed by atoms with Gasteiger partial charge < -0.3 is 14.0 Å².